The van der Waals surface area contributed by atoms with E-state index < -0.39 is 0 Å². The van der Waals surface area contributed by atoms with Crippen LogP contribution in [0, 0.1) is 7.14 Å². The Morgan fingerprint density at radius 3 is 2.30 bits per heavy atom. The molecule has 0 spiro atoms. The lowest BCUT2D eigenvalue weighted by Crippen LogP contribution is -2.01. The van der Waals surface area contributed by atoms with Gasteiger partial charge in [-0.25, -0.2) is 0 Å². The molecular weight excluding hydrogens is 565 g/mol. The predicted octanol–water partition coefficient (Wildman–Crippen LogP) is 4.96. The third-order valence-electron chi connectivity index (χ3n) is 3.02. The van der Waals surface area contributed by atoms with Gasteiger partial charge < -0.3 is 4.74 Å². The van der Waals surface area contributed by atoms with Crippen molar-refractivity contribution in [3.8, 4) is 17.1 Å². The van der Waals surface area contributed by atoms with Crippen molar-refractivity contribution in [2.45, 2.75) is 6.61 Å². The summed E-state index contributed by atoms with van der Waals surface area (Å²) in [4.78, 5) is 0. The minimum absolute atomic E-state index is 0.298. The monoisotopic (exact) mass is 572 g/mol. The molecule has 1 aromatic heterocycles. The van der Waals surface area contributed by atoms with E-state index in [-0.39, 0.29) is 0 Å². The molecule has 0 fully saturated rings. The zero-order valence-electron chi connectivity index (χ0n) is 11.4. The first kappa shape index (κ1) is 17.2. The summed E-state index contributed by atoms with van der Waals surface area (Å²) in [7, 11) is 0. The third kappa shape index (κ3) is 3.89. The van der Waals surface area contributed by atoms with Gasteiger partial charge in [0.25, 0.3) is 0 Å². The van der Waals surface area contributed by atoms with Crippen molar-refractivity contribution >= 4 is 68.4 Å². The molecule has 0 aliphatic heterocycles. The van der Waals surface area contributed by atoms with Crippen LogP contribution in [0.25, 0.3) is 11.4 Å². The number of tetrazole rings is 1. The van der Waals surface area contributed by atoms with Gasteiger partial charge in [-0.15, -0.1) is 10.2 Å². The smallest absolute Gasteiger partial charge is 0.204 e. The summed E-state index contributed by atoms with van der Waals surface area (Å²) in [5.74, 6) is 1.32. The van der Waals surface area contributed by atoms with Gasteiger partial charge in [0.15, 0.2) is 0 Å². The number of rotatable bonds is 4. The van der Waals surface area contributed by atoms with E-state index in [4.69, 9.17) is 27.9 Å². The molecule has 0 saturated carbocycles. The zero-order chi connectivity index (χ0) is 16.4. The van der Waals surface area contributed by atoms with Gasteiger partial charge in [-0.3, -0.25) is 0 Å². The first-order valence-corrected chi connectivity index (χ1v) is 9.26. The molecule has 0 amide bonds. The molecule has 0 saturated heterocycles. The standard InChI is InChI=1S/C14H8Cl2I2N4O/c15-9-2-1-3-10(16)8(9)6-23-13-11(17)4-7(5-12(13)18)14-19-21-22-20-14/h1-5H,6H2,(H,19,20,21,22). The summed E-state index contributed by atoms with van der Waals surface area (Å²) < 4.78 is 7.82. The molecule has 2 aromatic carbocycles. The van der Waals surface area contributed by atoms with Crippen molar-refractivity contribution in [3.05, 3.63) is 53.1 Å². The highest BCUT2D eigenvalue weighted by Crippen LogP contribution is 2.33. The number of aromatic nitrogens is 4. The van der Waals surface area contributed by atoms with Crippen molar-refractivity contribution in [2.75, 3.05) is 0 Å². The number of hydrogen-bond acceptors (Lipinski definition) is 4. The third-order valence-corrected chi connectivity index (χ3v) is 5.34. The molecule has 0 atom stereocenters. The Kier molecular flexibility index (Phi) is 5.60. The minimum atomic E-state index is 0.298. The number of ether oxygens (including phenoxy) is 1. The Morgan fingerprint density at radius 2 is 1.74 bits per heavy atom. The lowest BCUT2D eigenvalue weighted by molar-refractivity contribution is 0.302. The lowest BCUT2D eigenvalue weighted by atomic mass is 10.2. The molecule has 3 rings (SSSR count). The highest BCUT2D eigenvalue weighted by Gasteiger charge is 2.14. The molecule has 3 aromatic rings. The molecule has 23 heavy (non-hydrogen) atoms. The van der Waals surface area contributed by atoms with Gasteiger partial charge in [-0.1, -0.05) is 29.3 Å². The molecule has 5 nitrogen and oxygen atoms in total. The number of H-pyrrole nitrogens is 1. The SMILES string of the molecule is Clc1cccc(Cl)c1COc1c(I)cc(-c2nn[nH]n2)cc1I. The highest BCUT2D eigenvalue weighted by molar-refractivity contribution is 14.1. The van der Waals surface area contributed by atoms with E-state index in [2.05, 4.69) is 65.8 Å². The van der Waals surface area contributed by atoms with Crippen LogP contribution in [-0.2, 0) is 6.61 Å². The molecule has 0 radical (unpaired) electrons. The van der Waals surface area contributed by atoms with Crippen LogP contribution in [0.15, 0.2) is 30.3 Å². The molecule has 0 bridgehead atoms. The molecule has 9 heteroatoms. The number of benzene rings is 2. The number of nitrogens with zero attached hydrogens (tertiary/aromatic N) is 3. The molecule has 1 N–H and O–H groups in total. The summed E-state index contributed by atoms with van der Waals surface area (Å²) in [6.07, 6.45) is 0. The maximum Gasteiger partial charge on any atom is 0.204 e. The van der Waals surface area contributed by atoms with E-state index in [1.807, 2.05) is 12.1 Å². The minimum Gasteiger partial charge on any atom is -0.487 e. The Labute approximate surface area is 169 Å². The highest BCUT2D eigenvalue weighted by atomic mass is 127. The van der Waals surface area contributed by atoms with Gasteiger partial charge in [-0.05, 0) is 74.7 Å². The van der Waals surface area contributed by atoms with Crippen molar-refractivity contribution in [1.82, 2.24) is 20.6 Å². The summed E-state index contributed by atoms with van der Waals surface area (Å²) >= 11 is 16.8. The molecular formula is C14H8Cl2I2N4O. The molecule has 0 aliphatic carbocycles. The quantitative estimate of drug-likeness (QED) is 0.449. The average Bonchev–Trinajstić information content (AvgIpc) is 3.03. The van der Waals surface area contributed by atoms with Crippen molar-refractivity contribution in [3.63, 3.8) is 0 Å². The average molecular weight is 573 g/mol. The first-order chi connectivity index (χ1) is 11.1. The fourth-order valence-electron chi connectivity index (χ4n) is 1.93. The Morgan fingerprint density at radius 1 is 1.09 bits per heavy atom. The van der Waals surface area contributed by atoms with Crippen LogP contribution >= 0.6 is 68.4 Å². The Hall–Kier alpha value is -0.650. The number of nitrogens with one attached hydrogen (secondary N) is 1. The first-order valence-electron chi connectivity index (χ1n) is 6.35. The predicted molar refractivity (Wildman–Crippen MR) is 106 cm³/mol. The number of halogens is 4. The van der Waals surface area contributed by atoms with Crippen LogP contribution in [0.2, 0.25) is 10.0 Å². The van der Waals surface area contributed by atoms with Gasteiger partial charge in [-0.2, -0.15) is 5.21 Å². The van der Waals surface area contributed by atoms with Crippen LogP contribution in [0.1, 0.15) is 5.56 Å². The summed E-state index contributed by atoms with van der Waals surface area (Å²) in [5.41, 5.74) is 1.64. The largest absolute Gasteiger partial charge is 0.487 e. The van der Waals surface area contributed by atoms with Crippen molar-refractivity contribution in [2.24, 2.45) is 0 Å². The van der Waals surface area contributed by atoms with Crippen LogP contribution in [-0.4, -0.2) is 20.6 Å². The van der Waals surface area contributed by atoms with Crippen molar-refractivity contribution < 1.29 is 4.74 Å². The van der Waals surface area contributed by atoms with Crippen LogP contribution in [0.4, 0.5) is 0 Å². The molecule has 1 heterocycles. The van der Waals surface area contributed by atoms with Crippen molar-refractivity contribution in [1.29, 1.82) is 0 Å². The lowest BCUT2D eigenvalue weighted by Gasteiger charge is -2.13. The summed E-state index contributed by atoms with van der Waals surface area (Å²) in [6.45, 7) is 0.298. The van der Waals surface area contributed by atoms with Gasteiger partial charge in [0, 0.05) is 21.2 Å². The van der Waals surface area contributed by atoms with E-state index in [1.165, 1.54) is 0 Å². The number of aromatic amines is 1. The molecule has 118 valence electrons. The van der Waals surface area contributed by atoms with Gasteiger partial charge in [0.2, 0.25) is 5.82 Å². The fourth-order valence-corrected chi connectivity index (χ4v) is 4.51. The van der Waals surface area contributed by atoms with Crippen LogP contribution in [0.3, 0.4) is 0 Å². The van der Waals surface area contributed by atoms with Gasteiger partial charge in [0.05, 0.1) is 7.14 Å². The maximum atomic E-state index is 6.17. The maximum absolute atomic E-state index is 6.17. The van der Waals surface area contributed by atoms with Gasteiger partial charge in [0.1, 0.15) is 12.4 Å². The molecule has 0 unspecified atom stereocenters. The van der Waals surface area contributed by atoms with Crippen LogP contribution < -0.4 is 4.74 Å². The summed E-state index contributed by atoms with van der Waals surface area (Å²) in [5, 5.41) is 15.2. The van der Waals surface area contributed by atoms with E-state index in [1.54, 1.807) is 18.2 Å². The van der Waals surface area contributed by atoms with Gasteiger partial charge >= 0.3 is 0 Å². The normalized spacial score (nSPS) is 10.8. The van der Waals surface area contributed by atoms with E-state index >= 15 is 0 Å². The van der Waals surface area contributed by atoms with E-state index in [9.17, 15) is 0 Å². The Balaban J connectivity index is 1.86. The Bertz CT molecular complexity index is 800. The van der Waals surface area contributed by atoms with E-state index in [0.29, 0.717) is 22.5 Å². The fraction of sp³-hybridized carbons (Fsp3) is 0.0714. The zero-order valence-corrected chi connectivity index (χ0v) is 17.2. The summed E-state index contributed by atoms with van der Waals surface area (Å²) in [6, 6.07) is 9.28. The second-order valence-corrected chi connectivity index (χ2v) is 7.63. The topological polar surface area (TPSA) is 63.7 Å². The molecule has 0 aliphatic rings. The van der Waals surface area contributed by atoms with E-state index in [0.717, 1.165) is 24.0 Å². The second-order valence-electron chi connectivity index (χ2n) is 4.49. The second kappa shape index (κ2) is 7.49. The van der Waals surface area contributed by atoms with Crippen LogP contribution in [0.5, 0.6) is 5.75 Å². The number of hydrogen-bond donors (Lipinski definition) is 1.